The van der Waals surface area contributed by atoms with Crippen LogP contribution in [0.15, 0.2) is 48.5 Å². The number of nitrogens with one attached hydrogen (secondary N) is 2. The van der Waals surface area contributed by atoms with E-state index in [1.54, 1.807) is 24.3 Å². The van der Waals surface area contributed by atoms with Gasteiger partial charge in [0.15, 0.2) is 0 Å². The first-order valence-electron chi connectivity index (χ1n) is 8.85. The molecule has 1 aliphatic heterocycles. The number of piperazine rings is 1. The molecule has 0 spiro atoms. The summed E-state index contributed by atoms with van der Waals surface area (Å²) in [7, 11) is 0. The highest BCUT2D eigenvalue weighted by Crippen LogP contribution is 2.25. The maximum atomic E-state index is 13.1. The molecular formula is C20H24N4O2. The second-order valence-corrected chi connectivity index (χ2v) is 6.38. The summed E-state index contributed by atoms with van der Waals surface area (Å²) in [6, 6.07) is 14.6. The summed E-state index contributed by atoms with van der Waals surface area (Å²) in [6.07, 6.45) is 0.992. The van der Waals surface area contributed by atoms with Gasteiger partial charge < -0.3 is 21.3 Å². The largest absolute Gasteiger partial charge is 0.351 e. The Morgan fingerprint density at radius 1 is 1.23 bits per heavy atom. The first-order chi connectivity index (χ1) is 12.6. The van der Waals surface area contributed by atoms with E-state index in [0.29, 0.717) is 17.8 Å². The van der Waals surface area contributed by atoms with Crippen molar-refractivity contribution in [1.29, 1.82) is 0 Å². The lowest BCUT2D eigenvalue weighted by molar-refractivity contribution is 0.0634. The minimum atomic E-state index is -0.648. The van der Waals surface area contributed by atoms with Crippen LogP contribution in [-0.2, 0) is 6.42 Å². The molecular weight excluding hydrogens is 328 g/mol. The van der Waals surface area contributed by atoms with Gasteiger partial charge in [-0.15, -0.1) is 0 Å². The summed E-state index contributed by atoms with van der Waals surface area (Å²) in [4.78, 5) is 26.0. The summed E-state index contributed by atoms with van der Waals surface area (Å²) in [5.74, 6) is -0.0517. The highest BCUT2D eigenvalue weighted by molar-refractivity contribution is 5.97. The van der Waals surface area contributed by atoms with Crippen molar-refractivity contribution >= 4 is 17.6 Å². The molecule has 1 heterocycles. The lowest BCUT2D eigenvalue weighted by atomic mass is 10.00. The van der Waals surface area contributed by atoms with Crippen molar-refractivity contribution < 1.29 is 9.59 Å². The standard InChI is InChI=1S/C20H24N4O2/c1-2-14-6-8-15(9-7-14)18-13-22-10-11-24(18)19(25)16-4-3-5-17(12-16)23-20(21)26/h3-9,12,18,22H,2,10-11,13H2,1H3,(H3,21,23,26). The van der Waals surface area contributed by atoms with Crippen molar-refractivity contribution in [2.24, 2.45) is 5.73 Å². The van der Waals surface area contributed by atoms with Crippen LogP contribution in [0.2, 0.25) is 0 Å². The Morgan fingerprint density at radius 3 is 2.69 bits per heavy atom. The number of primary amides is 1. The molecule has 0 aliphatic carbocycles. The third-order valence-corrected chi connectivity index (χ3v) is 4.65. The van der Waals surface area contributed by atoms with Crippen LogP contribution in [0.1, 0.15) is 34.5 Å². The number of nitrogens with two attached hydrogens (primary N) is 1. The molecule has 3 rings (SSSR count). The van der Waals surface area contributed by atoms with Gasteiger partial charge in [0.1, 0.15) is 0 Å². The molecule has 6 heteroatoms. The van der Waals surface area contributed by atoms with E-state index in [1.165, 1.54) is 5.56 Å². The van der Waals surface area contributed by atoms with Crippen LogP contribution in [0.4, 0.5) is 10.5 Å². The van der Waals surface area contributed by atoms with Crippen molar-refractivity contribution in [2.45, 2.75) is 19.4 Å². The number of urea groups is 1. The van der Waals surface area contributed by atoms with Crippen LogP contribution < -0.4 is 16.4 Å². The summed E-state index contributed by atoms with van der Waals surface area (Å²) < 4.78 is 0. The molecule has 1 atom stereocenters. The van der Waals surface area contributed by atoms with Gasteiger partial charge in [0.2, 0.25) is 0 Å². The Kier molecular flexibility index (Phi) is 5.53. The van der Waals surface area contributed by atoms with Crippen molar-refractivity contribution in [3.8, 4) is 0 Å². The Labute approximate surface area is 153 Å². The van der Waals surface area contributed by atoms with Gasteiger partial charge in [-0.05, 0) is 35.7 Å². The first kappa shape index (κ1) is 17.9. The molecule has 2 aromatic rings. The van der Waals surface area contributed by atoms with Gasteiger partial charge >= 0.3 is 6.03 Å². The zero-order chi connectivity index (χ0) is 18.5. The maximum absolute atomic E-state index is 13.1. The minimum absolute atomic E-state index is 0.0186. The quantitative estimate of drug-likeness (QED) is 0.790. The van der Waals surface area contributed by atoms with Gasteiger partial charge in [-0.25, -0.2) is 4.79 Å². The minimum Gasteiger partial charge on any atom is -0.351 e. The number of rotatable bonds is 4. The second kappa shape index (κ2) is 8.01. The molecule has 26 heavy (non-hydrogen) atoms. The highest BCUT2D eigenvalue weighted by Gasteiger charge is 2.28. The van der Waals surface area contributed by atoms with E-state index in [4.69, 9.17) is 5.73 Å². The van der Waals surface area contributed by atoms with Crippen molar-refractivity contribution in [1.82, 2.24) is 10.2 Å². The third kappa shape index (κ3) is 4.03. The summed E-state index contributed by atoms with van der Waals surface area (Å²) in [6.45, 7) is 4.23. The monoisotopic (exact) mass is 352 g/mol. The van der Waals surface area contributed by atoms with Crippen molar-refractivity contribution in [3.05, 3.63) is 65.2 Å². The predicted molar refractivity (Wildman–Crippen MR) is 102 cm³/mol. The topological polar surface area (TPSA) is 87.5 Å². The molecule has 3 amide bonds. The second-order valence-electron chi connectivity index (χ2n) is 6.38. The van der Waals surface area contributed by atoms with E-state index in [1.807, 2.05) is 4.90 Å². The predicted octanol–water partition coefficient (Wildman–Crippen LogP) is 2.53. The Hall–Kier alpha value is -2.86. The van der Waals surface area contributed by atoms with E-state index in [2.05, 4.69) is 41.8 Å². The molecule has 0 bridgehead atoms. The van der Waals surface area contributed by atoms with Gasteiger partial charge in [0.05, 0.1) is 6.04 Å². The molecule has 1 saturated heterocycles. The first-order valence-corrected chi connectivity index (χ1v) is 8.85. The highest BCUT2D eigenvalue weighted by atomic mass is 16.2. The third-order valence-electron chi connectivity index (χ3n) is 4.65. The van der Waals surface area contributed by atoms with Crippen LogP contribution in [-0.4, -0.2) is 36.5 Å². The maximum Gasteiger partial charge on any atom is 0.316 e. The summed E-state index contributed by atoms with van der Waals surface area (Å²) in [5, 5.41) is 5.88. The lowest BCUT2D eigenvalue weighted by Gasteiger charge is -2.36. The van der Waals surface area contributed by atoms with E-state index < -0.39 is 6.03 Å². The molecule has 0 saturated carbocycles. The average molecular weight is 352 g/mol. The molecule has 0 radical (unpaired) electrons. The van der Waals surface area contributed by atoms with Crippen LogP contribution >= 0.6 is 0 Å². The Morgan fingerprint density at radius 2 is 2.00 bits per heavy atom. The van der Waals surface area contributed by atoms with E-state index in [9.17, 15) is 9.59 Å². The van der Waals surface area contributed by atoms with Crippen LogP contribution in [0, 0.1) is 0 Å². The zero-order valence-electron chi connectivity index (χ0n) is 14.9. The van der Waals surface area contributed by atoms with Crippen molar-refractivity contribution in [2.75, 3.05) is 25.0 Å². The number of hydrogen-bond donors (Lipinski definition) is 3. The number of aryl methyl sites for hydroxylation is 1. The Bertz CT molecular complexity index is 789. The number of amides is 3. The average Bonchev–Trinajstić information content (AvgIpc) is 2.67. The number of carbonyl (C=O) groups excluding carboxylic acids is 2. The molecule has 1 fully saturated rings. The normalized spacial score (nSPS) is 17.0. The van der Waals surface area contributed by atoms with Gasteiger partial charge in [-0.1, -0.05) is 37.3 Å². The summed E-state index contributed by atoms with van der Waals surface area (Å²) >= 11 is 0. The fourth-order valence-electron chi connectivity index (χ4n) is 3.26. The lowest BCUT2D eigenvalue weighted by Crippen LogP contribution is -2.48. The SMILES string of the molecule is CCc1ccc(C2CNCCN2C(=O)c2cccc(NC(N)=O)c2)cc1. The van der Waals surface area contributed by atoms with E-state index in [-0.39, 0.29) is 11.9 Å². The smallest absolute Gasteiger partial charge is 0.316 e. The molecule has 1 unspecified atom stereocenters. The van der Waals surface area contributed by atoms with Gasteiger partial charge in [0.25, 0.3) is 5.91 Å². The number of nitrogens with zero attached hydrogens (tertiary/aromatic N) is 1. The number of carbonyl (C=O) groups is 2. The van der Waals surface area contributed by atoms with Crippen LogP contribution in [0.3, 0.4) is 0 Å². The fraction of sp³-hybridized carbons (Fsp3) is 0.300. The molecule has 2 aromatic carbocycles. The fourth-order valence-corrected chi connectivity index (χ4v) is 3.26. The van der Waals surface area contributed by atoms with Crippen molar-refractivity contribution in [3.63, 3.8) is 0 Å². The van der Waals surface area contributed by atoms with Crippen LogP contribution in [0.25, 0.3) is 0 Å². The van der Waals surface area contributed by atoms with Gasteiger partial charge in [-0.2, -0.15) is 0 Å². The molecule has 1 aliphatic rings. The molecule has 4 N–H and O–H groups in total. The van der Waals surface area contributed by atoms with Crippen LogP contribution in [0.5, 0.6) is 0 Å². The molecule has 6 nitrogen and oxygen atoms in total. The Balaban J connectivity index is 1.84. The molecule has 0 aromatic heterocycles. The zero-order valence-corrected chi connectivity index (χ0v) is 14.9. The van der Waals surface area contributed by atoms with Gasteiger partial charge in [0, 0.05) is 30.9 Å². The van der Waals surface area contributed by atoms with E-state index >= 15 is 0 Å². The number of hydrogen-bond acceptors (Lipinski definition) is 3. The van der Waals surface area contributed by atoms with Gasteiger partial charge in [-0.3, -0.25) is 4.79 Å². The molecule has 136 valence electrons. The summed E-state index contributed by atoms with van der Waals surface area (Å²) in [5.41, 5.74) is 8.61. The van der Waals surface area contributed by atoms with E-state index in [0.717, 1.165) is 25.1 Å². The number of anilines is 1. The number of benzene rings is 2.